The Labute approximate surface area is 174 Å². The molecule has 0 N–H and O–H groups in total. The standard InChI is InChI=1S/C23H22N4O3/c1-13-23(14(2)30-26-13)16-5-6-19-15(9-16)7-8-27(19)20-12-24-25-18-11-22(29-4)21(28-3)10-17(18)20/h5-6,9-12H,7-8H2,1-4H3. The van der Waals surface area contributed by atoms with E-state index < -0.39 is 0 Å². The van der Waals surface area contributed by atoms with E-state index in [2.05, 4.69) is 38.5 Å². The summed E-state index contributed by atoms with van der Waals surface area (Å²) in [5, 5.41) is 13.6. The topological polar surface area (TPSA) is 73.5 Å². The second kappa shape index (κ2) is 7.02. The average Bonchev–Trinajstić information content (AvgIpc) is 3.34. The van der Waals surface area contributed by atoms with Crippen LogP contribution in [0.5, 0.6) is 11.5 Å². The van der Waals surface area contributed by atoms with Crippen LogP contribution in [0.1, 0.15) is 17.0 Å². The summed E-state index contributed by atoms with van der Waals surface area (Å²) in [6.07, 6.45) is 2.76. The largest absolute Gasteiger partial charge is 0.493 e. The molecule has 0 bridgehead atoms. The Morgan fingerprint density at radius 3 is 2.53 bits per heavy atom. The van der Waals surface area contributed by atoms with Gasteiger partial charge in [0.1, 0.15) is 5.76 Å². The minimum Gasteiger partial charge on any atom is -0.493 e. The number of benzene rings is 2. The van der Waals surface area contributed by atoms with Crippen LogP contribution in [-0.2, 0) is 6.42 Å². The predicted molar refractivity (Wildman–Crippen MR) is 115 cm³/mol. The molecule has 7 nitrogen and oxygen atoms in total. The number of aromatic nitrogens is 3. The molecule has 30 heavy (non-hydrogen) atoms. The fraction of sp³-hybridized carbons (Fsp3) is 0.261. The van der Waals surface area contributed by atoms with E-state index in [4.69, 9.17) is 14.0 Å². The molecule has 1 aliphatic rings. The van der Waals surface area contributed by atoms with Crippen molar-refractivity contribution in [1.82, 2.24) is 15.4 Å². The number of fused-ring (bicyclic) bond motifs is 2. The van der Waals surface area contributed by atoms with E-state index in [1.807, 2.05) is 32.2 Å². The molecule has 0 amide bonds. The van der Waals surface area contributed by atoms with Gasteiger partial charge in [-0.3, -0.25) is 0 Å². The molecule has 2 aromatic carbocycles. The first-order chi connectivity index (χ1) is 14.6. The lowest BCUT2D eigenvalue weighted by molar-refractivity contribution is 0.355. The third-order valence-corrected chi connectivity index (χ3v) is 5.71. The quantitative estimate of drug-likeness (QED) is 0.493. The lowest BCUT2D eigenvalue weighted by atomic mass is 10.0. The molecule has 5 rings (SSSR count). The van der Waals surface area contributed by atoms with Crippen LogP contribution >= 0.6 is 0 Å². The Morgan fingerprint density at radius 2 is 1.80 bits per heavy atom. The van der Waals surface area contributed by atoms with Crippen LogP contribution in [0.15, 0.2) is 41.1 Å². The second-order valence-corrected chi connectivity index (χ2v) is 7.40. The normalized spacial score (nSPS) is 13.0. The summed E-state index contributed by atoms with van der Waals surface area (Å²) in [4.78, 5) is 2.29. The van der Waals surface area contributed by atoms with E-state index in [1.165, 1.54) is 11.3 Å². The summed E-state index contributed by atoms with van der Waals surface area (Å²) >= 11 is 0. The molecule has 0 aliphatic carbocycles. The van der Waals surface area contributed by atoms with Crippen LogP contribution in [0.25, 0.3) is 22.0 Å². The van der Waals surface area contributed by atoms with Gasteiger partial charge in [-0.15, -0.1) is 0 Å². The molecule has 0 fully saturated rings. The van der Waals surface area contributed by atoms with Crippen molar-refractivity contribution in [2.75, 3.05) is 25.7 Å². The lowest BCUT2D eigenvalue weighted by Crippen LogP contribution is -2.14. The van der Waals surface area contributed by atoms with Crippen LogP contribution in [0.2, 0.25) is 0 Å². The van der Waals surface area contributed by atoms with Crippen molar-refractivity contribution in [3.8, 4) is 22.6 Å². The molecule has 2 aromatic heterocycles. The maximum Gasteiger partial charge on any atom is 0.162 e. The molecule has 3 heterocycles. The molecular weight excluding hydrogens is 380 g/mol. The highest BCUT2D eigenvalue weighted by atomic mass is 16.5. The SMILES string of the molecule is COc1cc2nncc(N3CCc4cc(-c5c(C)noc5C)ccc43)c2cc1OC. The summed E-state index contributed by atoms with van der Waals surface area (Å²) in [5.41, 5.74) is 7.36. The maximum absolute atomic E-state index is 5.50. The van der Waals surface area contributed by atoms with Gasteiger partial charge in [0.15, 0.2) is 11.5 Å². The molecule has 1 aliphatic heterocycles. The third kappa shape index (κ3) is 2.77. The predicted octanol–water partition coefficient (Wildman–Crippen LogP) is 4.61. The van der Waals surface area contributed by atoms with Gasteiger partial charge in [-0.1, -0.05) is 11.2 Å². The zero-order valence-electron chi connectivity index (χ0n) is 17.4. The van der Waals surface area contributed by atoms with Crippen molar-refractivity contribution < 1.29 is 14.0 Å². The van der Waals surface area contributed by atoms with E-state index in [1.54, 1.807) is 14.2 Å². The molecule has 0 atom stereocenters. The highest BCUT2D eigenvalue weighted by molar-refractivity contribution is 5.96. The minimum absolute atomic E-state index is 0.641. The van der Waals surface area contributed by atoms with Crippen molar-refractivity contribution >= 4 is 22.3 Å². The van der Waals surface area contributed by atoms with Crippen LogP contribution in [0, 0.1) is 13.8 Å². The summed E-state index contributed by atoms with van der Waals surface area (Å²) < 4.78 is 16.3. The van der Waals surface area contributed by atoms with Gasteiger partial charge < -0.3 is 18.9 Å². The monoisotopic (exact) mass is 402 g/mol. The van der Waals surface area contributed by atoms with Gasteiger partial charge in [-0.05, 0) is 49.6 Å². The number of methoxy groups -OCH3 is 2. The Kier molecular flexibility index (Phi) is 4.31. The second-order valence-electron chi connectivity index (χ2n) is 7.40. The number of rotatable bonds is 4. The molecule has 0 unspecified atom stereocenters. The van der Waals surface area contributed by atoms with Gasteiger partial charge in [-0.25, -0.2) is 0 Å². The van der Waals surface area contributed by atoms with Gasteiger partial charge in [0.2, 0.25) is 0 Å². The van der Waals surface area contributed by atoms with Gasteiger partial charge >= 0.3 is 0 Å². The van der Waals surface area contributed by atoms with Crippen LogP contribution in [0.3, 0.4) is 0 Å². The number of ether oxygens (including phenoxy) is 2. The zero-order valence-corrected chi connectivity index (χ0v) is 17.4. The summed E-state index contributed by atoms with van der Waals surface area (Å²) in [6.45, 7) is 4.79. The Bertz CT molecular complexity index is 1250. The molecule has 7 heteroatoms. The first kappa shape index (κ1) is 18.4. The molecule has 0 radical (unpaired) electrons. The van der Waals surface area contributed by atoms with Crippen molar-refractivity contribution in [3.63, 3.8) is 0 Å². The maximum atomic E-state index is 5.50. The van der Waals surface area contributed by atoms with Crippen LogP contribution in [0.4, 0.5) is 11.4 Å². The van der Waals surface area contributed by atoms with Crippen LogP contribution in [-0.4, -0.2) is 36.1 Å². The molecule has 0 spiro atoms. The fourth-order valence-electron chi connectivity index (χ4n) is 4.29. The molecule has 4 aromatic rings. The highest BCUT2D eigenvalue weighted by Crippen LogP contribution is 2.42. The number of nitrogens with zero attached hydrogens (tertiary/aromatic N) is 4. The van der Waals surface area contributed by atoms with E-state index in [0.29, 0.717) is 11.5 Å². The van der Waals surface area contributed by atoms with E-state index in [-0.39, 0.29) is 0 Å². The van der Waals surface area contributed by atoms with Crippen molar-refractivity contribution in [3.05, 3.63) is 53.5 Å². The highest BCUT2D eigenvalue weighted by Gasteiger charge is 2.24. The Balaban J connectivity index is 1.60. The van der Waals surface area contributed by atoms with E-state index in [0.717, 1.165) is 52.1 Å². The van der Waals surface area contributed by atoms with E-state index >= 15 is 0 Å². The van der Waals surface area contributed by atoms with Crippen LogP contribution < -0.4 is 14.4 Å². The first-order valence-corrected chi connectivity index (χ1v) is 9.82. The number of anilines is 2. The smallest absolute Gasteiger partial charge is 0.162 e. The zero-order chi connectivity index (χ0) is 20.8. The fourth-order valence-corrected chi connectivity index (χ4v) is 4.29. The van der Waals surface area contributed by atoms with Gasteiger partial charge in [0.05, 0.1) is 37.3 Å². The van der Waals surface area contributed by atoms with Crippen molar-refractivity contribution in [1.29, 1.82) is 0 Å². The Hall–Kier alpha value is -3.61. The van der Waals surface area contributed by atoms with Gasteiger partial charge in [-0.2, -0.15) is 10.2 Å². The number of hydrogen-bond acceptors (Lipinski definition) is 7. The minimum atomic E-state index is 0.641. The number of hydrogen-bond donors (Lipinski definition) is 0. The molecule has 152 valence electrons. The van der Waals surface area contributed by atoms with Gasteiger partial charge in [0.25, 0.3) is 0 Å². The third-order valence-electron chi connectivity index (χ3n) is 5.71. The summed E-state index contributed by atoms with van der Waals surface area (Å²) in [7, 11) is 3.26. The summed E-state index contributed by atoms with van der Waals surface area (Å²) in [5.74, 6) is 2.16. The lowest BCUT2D eigenvalue weighted by Gasteiger charge is -2.21. The van der Waals surface area contributed by atoms with Crippen molar-refractivity contribution in [2.24, 2.45) is 0 Å². The average molecular weight is 402 g/mol. The first-order valence-electron chi connectivity index (χ1n) is 9.82. The molecule has 0 saturated heterocycles. The van der Waals surface area contributed by atoms with Crippen molar-refractivity contribution in [2.45, 2.75) is 20.3 Å². The number of aryl methyl sites for hydroxylation is 2. The van der Waals surface area contributed by atoms with Gasteiger partial charge in [0, 0.05) is 29.2 Å². The molecular formula is C23H22N4O3. The Morgan fingerprint density at radius 1 is 1.00 bits per heavy atom. The van der Waals surface area contributed by atoms with E-state index in [9.17, 15) is 0 Å². The molecule has 0 saturated carbocycles. The summed E-state index contributed by atoms with van der Waals surface area (Å²) in [6, 6.07) is 10.4.